The van der Waals surface area contributed by atoms with Crippen LogP contribution < -0.4 is 0 Å². The molecule has 0 unspecified atom stereocenters. The van der Waals surface area contributed by atoms with Gasteiger partial charge in [0.05, 0.1) is 10.6 Å². The molecule has 0 atom stereocenters. The van der Waals surface area contributed by atoms with Crippen molar-refractivity contribution in [2.45, 2.75) is 18.8 Å². The standard InChI is InChI=1S/C12H11N3O2S/c16-15(17)10-3-1-2-9(6-10)14-12(18)7-11(13-14)8-4-5-8/h1-3,6-8,13H,4-5H2. The molecule has 6 heteroatoms. The minimum absolute atomic E-state index is 0.0666. The van der Waals surface area contributed by atoms with Crippen molar-refractivity contribution in [3.05, 3.63) is 50.8 Å². The fraction of sp³-hybridized carbons (Fsp3) is 0.250. The molecule has 1 fully saturated rings. The van der Waals surface area contributed by atoms with Crippen LogP contribution in [0.25, 0.3) is 5.69 Å². The molecular formula is C12H11N3O2S. The Bertz CT molecular complexity index is 670. The molecule has 1 saturated carbocycles. The van der Waals surface area contributed by atoms with E-state index in [1.54, 1.807) is 16.8 Å². The molecule has 1 heterocycles. The first kappa shape index (κ1) is 11.2. The van der Waals surface area contributed by atoms with Gasteiger partial charge in [-0.1, -0.05) is 18.3 Å². The van der Waals surface area contributed by atoms with Gasteiger partial charge in [0.15, 0.2) is 0 Å². The number of hydrogen-bond donors (Lipinski definition) is 1. The van der Waals surface area contributed by atoms with Gasteiger partial charge < -0.3 is 0 Å². The van der Waals surface area contributed by atoms with E-state index in [9.17, 15) is 10.1 Å². The average molecular weight is 261 g/mol. The highest BCUT2D eigenvalue weighted by atomic mass is 32.1. The van der Waals surface area contributed by atoms with Gasteiger partial charge in [0.25, 0.3) is 5.69 Å². The quantitative estimate of drug-likeness (QED) is 0.523. The van der Waals surface area contributed by atoms with Gasteiger partial charge in [-0.15, -0.1) is 0 Å². The summed E-state index contributed by atoms with van der Waals surface area (Å²) in [6.45, 7) is 0. The topological polar surface area (TPSA) is 63.9 Å². The monoisotopic (exact) mass is 261 g/mol. The fourth-order valence-corrected chi connectivity index (χ4v) is 2.23. The summed E-state index contributed by atoms with van der Waals surface area (Å²) in [5.41, 5.74) is 1.88. The predicted molar refractivity (Wildman–Crippen MR) is 69.6 cm³/mol. The molecule has 1 N–H and O–H groups in total. The zero-order valence-electron chi connectivity index (χ0n) is 9.50. The lowest BCUT2D eigenvalue weighted by atomic mass is 10.3. The third kappa shape index (κ3) is 1.95. The third-order valence-corrected chi connectivity index (χ3v) is 3.36. The summed E-state index contributed by atoms with van der Waals surface area (Å²) in [7, 11) is 0. The van der Waals surface area contributed by atoms with Crippen molar-refractivity contribution >= 4 is 17.9 Å². The lowest BCUT2D eigenvalue weighted by molar-refractivity contribution is -0.384. The Balaban J connectivity index is 2.06. The average Bonchev–Trinajstić information content (AvgIpc) is 3.13. The summed E-state index contributed by atoms with van der Waals surface area (Å²) in [6.07, 6.45) is 2.37. The van der Waals surface area contributed by atoms with Crippen LogP contribution in [0.3, 0.4) is 0 Å². The van der Waals surface area contributed by atoms with Gasteiger partial charge in [-0.3, -0.25) is 15.2 Å². The van der Waals surface area contributed by atoms with Crippen LogP contribution in [-0.4, -0.2) is 14.7 Å². The van der Waals surface area contributed by atoms with E-state index in [1.165, 1.54) is 25.0 Å². The van der Waals surface area contributed by atoms with E-state index in [4.69, 9.17) is 12.2 Å². The van der Waals surface area contributed by atoms with E-state index < -0.39 is 4.92 Å². The maximum absolute atomic E-state index is 10.8. The second-order valence-corrected chi connectivity index (χ2v) is 4.85. The highest BCUT2D eigenvalue weighted by Gasteiger charge is 2.25. The first-order valence-electron chi connectivity index (χ1n) is 5.72. The number of nitro benzene ring substituents is 1. The SMILES string of the molecule is O=[N+]([O-])c1cccc(-n2[nH]c(C3CC3)cc2=S)c1. The third-order valence-electron chi connectivity index (χ3n) is 3.06. The Morgan fingerprint density at radius 1 is 1.39 bits per heavy atom. The summed E-state index contributed by atoms with van der Waals surface area (Å²) >= 11 is 5.27. The van der Waals surface area contributed by atoms with Crippen molar-refractivity contribution in [1.29, 1.82) is 0 Å². The van der Waals surface area contributed by atoms with Crippen LogP contribution >= 0.6 is 12.2 Å². The molecule has 1 aromatic carbocycles. The number of hydrogen-bond acceptors (Lipinski definition) is 3. The Kier molecular flexibility index (Phi) is 2.52. The number of non-ortho nitro benzene ring substituents is 1. The molecule has 0 saturated heterocycles. The number of aromatic amines is 1. The number of nitro groups is 1. The van der Waals surface area contributed by atoms with Crippen LogP contribution in [0, 0.1) is 14.8 Å². The van der Waals surface area contributed by atoms with E-state index in [-0.39, 0.29) is 5.69 Å². The fourth-order valence-electron chi connectivity index (χ4n) is 1.95. The molecule has 0 amide bonds. The smallest absolute Gasteiger partial charge is 0.271 e. The minimum Gasteiger partial charge on any atom is -0.297 e. The van der Waals surface area contributed by atoms with Gasteiger partial charge in [0.2, 0.25) is 0 Å². The molecular weight excluding hydrogens is 250 g/mol. The Hall–Kier alpha value is -1.95. The summed E-state index contributed by atoms with van der Waals surface area (Å²) in [4.78, 5) is 10.3. The number of rotatable bonds is 3. The first-order chi connectivity index (χ1) is 8.65. The molecule has 92 valence electrons. The van der Waals surface area contributed by atoms with Crippen LogP contribution in [0.1, 0.15) is 24.5 Å². The number of H-pyrrole nitrogens is 1. The molecule has 0 radical (unpaired) electrons. The van der Waals surface area contributed by atoms with E-state index in [2.05, 4.69) is 5.10 Å². The van der Waals surface area contributed by atoms with E-state index in [0.717, 1.165) is 5.69 Å². The van der Waals surface area contributed by atoms with E-state index in [0.29, 0.717) is 16.2 Å². The van der Waals surface area contributed by atoms with Crippen molar-refractivity contribution in [1.82, 2.24) is 9.78 Å². The molecule has 1 aromatic heterocycles. The minimum atomic E-state index is -0.405. The summed E-state index contributed by atoms with van der Waals surface area (Å²) in [5, 5.41) is 14.0. The van der Waals surface area contributed by atoms with Crippen LogP contribution in [-0.2, 0) is 0 Å². The van der Waals surface area contributed by atoms with Crippen molar-refractivity contribution < 1.29 is 4.92 Å². The molecule has 0 spiro atoms. The summed E-state index contributed by atoms with van der Waals surface area (Å²) in [5.74, 6) is 0.576. The van der Waals surface area contributed by atoms with Gasteiger partial charge in [0.1, 0.15) is 4.64 Å². The molecule has 18 heavy (non-hydrogen) atoms. The Morgan fingerprint density at radius 3 is 2.83 bits per heavy atom. The van der Waals surface area contributed by atoms with Crippen LogP contribution in [0.5, 0.6) is 0 Å². The normalized spacial score (nSPS) is 14.7. The maximum atomic E-state index is 10.8. The van der Waals surface area contributed by atoms with Crippen LogP contribution in [0.2, 0.25) is 0 Å². The largest absolute Gasteiger partial charge is 0.297 e. The van der Waals surface area contributed by atoms with Gasteiger partial charge in [-0.05, 0) is 25.0 Å². The van der Waals surface area contributed by atoms with Crippen molar-refractivity contribution in [2.24, 2.45) is 0 Å². The van der Waals surface area contributed by atoms with Crippen molar-refractivity contribution in [3.8, 4) is 5.69 Å². The van der Waals surface area contributed by atoms with Gasteiger partial charge in [-0.25, -0.2) is 4.68 Å². The lowest BCUT2D eigenvalue weighted by Gasteiger charge is -2.02. The number of nitrogens with zero attached hydrogens (tertiary/aromatic N) is 2. The highest BCUT2D eigenvalue weighted by Crippen LogP contribution is 2.39. The second-order valence-electron chi connectivity index (χ2n) is 4.44. The molecule has 3 rings (SSSR count). The lowest BCUT2D eigenvalue weighted by Crippen LogP contribution is -1.98. The zero-order chi connectivity index (χ0) is 12.7. The predicted octanol–water partition coefficient (Wildman–Crippen LogP) is 3.32. The van der Waals surface area contributed by atoms with Crippen LogP contribution in [0.15, 0.2) is 30.3 Å². The van der Waals surface area contributed by atoms with Crippen molar-refractivity contribution in [3.63, 3.8) is 0 Å². The number of nitrogens with one attached hydrogen (secondary N) is 1. The highest BCUT2D eigenvalue weighted by molar-refractivity contribution is 7.71. The van der Waals surface area contributed by atoms with Gasteiger partial charge in [-0.2, -0.15) is 0 Å². The molecule has 1 aliphatic carbocycles. The summed E-state index contributed by atoms with van der Waals surface area (Å²) < 4.78 is 2.37. The molecule has 5 nitrogen and oxygen atoms in total. The molecule has 0 bridgehead atoms. The molecule has 0 aliphatic heterocycles. The maximum Gasteiger partial charge on any atom is 0.271 e. The van der Waals surface area contributed by atoms with Crippen molar-refractivity contribution in [2.75, 3.05) is 0 Å². The molecule has 1 aliphatic rings. The molecule has 2 aromatic rings. The number of benzene rings is 1. The van der Waals surface area contributed by atoms with Gasteiger partial charge in [0, 0.05) is 23.7 Å². The summed E-state index contributed by atoms with van der Waals surface area (Å²) in [6, 6.07) is 8.38. The second kappa shape index (κ2) is 4.06. The van der Waals surface area contributed by atoms with E-state index >= 15 is 0 Å². The first-order valence-corrected chi connectivity index (χ1v) is 6.13. The van der Waals surface area contributed by atoms with E-state index in [1.807, 2.05) is 6.07 Å². The van der Waals surface area contributed by atoms with Crippen LogP contribution in [0.4, 0.5) is 5.69 Å². The zero-order valence-corrected chi connectivity index (χ0v) is 10.3. The Labute approximate surface area is 108 Å². The number of aromatic nitrogens is 2. The van der Waals surface area contributed by atoms with Gasteiger partial charge >= 0.3 is 0 Å². The Morgan fingerprint density at radius 2 is 2.17 bits per heavy atom.